The highest BCUT2D eigenvalue weighted by Gasteiger charge is 2.02. The molecule has 1 N–H and O–H groups in total. The van der Waals surface area contributed by atoms with E-state index in [1.165, 1.54) is 0 Å². The maximum absolute atomic E-state index is 8.95. The van der Waals surface area contributed by atoms with Crippen LogP contribution in [-0.4, -0.2) is 5.11 Å². The van der Waals surface area contributed by atoms with Crippen LogP contribution in [0.3, 0.4) is 0 Å². The summed E-state index contributed by atoms with van der Waals surface area (Å²) in [5.74, 6) is 0.264. The molecule has 0 saturated carbocycles. The van der Waals surface area contributed by atoms with Crippen molar-refractivity contribution in [3.8, 4) is 5.75 Å². The topological polar surface area (TPSA) is 29.5 Å². The predicted octanol–water partition coefficient (Wildman–Crippen LogP) is 2.31. The molecule has 1 rings (SSSR count). The van der Waals surface area contributed by atoms with E-state index in [-0.39, 0.29) is 11.9 Å². The fourth-order valence-electron chi connectivity index (χ4n) is 0.806. The van der Waals surface area contributed by atoms with Gasteiger partial charge >= 0.3 is 0 Å². The lowest BCUT2D eigenvalue weighted by atomic mass is 10.1. The standard InChI is InChI=1S/C8H10O2S/c1-6(10-11)7-2-4-8(9)5-3-7/h2-6,9,11H,1H3. The molecule has 2 nitrogen and oxygen atoms in total. The van der Waals surface area contributed by atoms with Gasteiger partial charge in [-0.3, -0.25) is 0 Å². The van der Waals surface area contributed by atoms with Gasteiger partial charge in [0, 0.05) is 0 Å². The lowest BCUT2D eigenvalue weighted by Gasteiger charge is -2.07. The Morgan fingerprint density at radius 1 is 1.36 bits per heavy atom. The van der Waals surface area contributed by atoms with E-state index < -0.39 is 0 Å². The molecular weight excluding hydrogens is 160 g/mol. The SMILES string of the molecule is CC(OS)c1ccc(O)cc1. The molecule has 0 aliphatic carbocycles. The van der Waals surface area contributed by atoms with Crippen LogP contribution in [0, 0.1) is 0 Å². The summed E-state index contributed by atoms with van der Waals surface area (Å²) in [6.45, 7) is 1.89. The zero-order chi connectivity index (χ0) is 8.27. The summed E-state index contributed by atoms with van der Waals surface area (Å²) in [6.07, 6.45) is -0.0427. The molecule has 3 heteroatoms. The third-order valence-electron chi connectivity index (χ3n) is 1.52. The second-order valence-electron chi connectivity index (χ2n) is 2.34. The first-order valence-corrected chi connectivity index (χ1v) is 3.69. The minimum atomic E-state index is -0.0427. The number of phenolic OH excluding ortho intramolecular Hbond substituents is 1. The van der Waals surface area contributed by atoms with Crippen LogP contribution in [0.1, 0.15) is 18.6 Å². The summed E-state index contributed by atoms with van der Waals surface area (Å²) >= 11 is 3.69. The number of aromatic hydroxyl groups is 1. The highest BCUT2D eigenvalue weighted by atomic mass is 32.1. The van der Waals surface area contributed by atoms with E-state index in [2.05, 4.69) is 12.9 Å². The molecule has 1 atom stereocenters. The maximum atomic E-state index is 8.95. The van der Waals surface area contributed by atoms with Crippen molar-refractivity contribution in [2.24, 2.45) is 0 Å². The molecule has 0 aliphatic rings. The van der Waals surface area contributed by atoms with Gasteiger partial charge in [-0.15, -0.1) is 0 Å². The highest BCUT2D eigenvalue weighted by Crippen LogP contribution is 2.19. The molecule has 1 unspecified atom stereocenters. The van der Waals surface area contributed by atoms with E-state index in [4.69, 9.17) is 9.29 Å². The molecule has 0 amide bonds. The Morgan fingerprint density at radius 2 is 1.91 bits per heavy atom. The minimum Gasteiger partial charge on any atom is -0.508 e. The molecule has 0 aliphatic heterocycles. The van der Waals surface area contributed by atoms with Crippen LogP contribution in [0.15, 0.2) is 24.3 Å². The monoisotopic (exact) mass is 170 g/mol. The molecule has 0 aromatic heterocycles. The van der Waals surface area contributed by atoms with Gasteiger partial charge in [-0.05, 0) is 37.5 Å². The van der Waals surface area contributed by atoms with Crippen LogP contribution in [0.2, 0.25) is 0 Å². The van der Waals surface area contributed by atoms with Crippen molar-refractivity contribution in [2.75, 3.05) is 0 Å². The van der Waals surface area contributed by atoms with Gasteiger partial charge in [-0.2, -0.15) is 0 Å². The van der Waals surface area contributed by atoms with Gasteiger partial charge in [0.15, 0.2) is 0 Å². The molecular formula is C8H10O2S. The largest absolute Gasteiger partial charge is 0.508 e. The van der Waals surface area contributed by atoms with Gasteiger partial charge in [-0.1, -0.05) is 12.1 Å². The second-order valence-corrected chi connectivity index (χ2v) is 2.55. The first kappa shape index (κ1) is 8.43. The molecule has 1 aromatic carbocycles. The third-order valence-corrected chi connectivity index (χ3v) is 1.84. The molecule has 0 saturated heterocycles. The smallest absolute Gasteiger partial charge is 0.115 e. The Kier molecular flexibility index (Phi) is 2.79. The number of rotatable bonds is 2. The van der Waals surface area contributed by atoms with Crippen molar-refractivity contribution in [2.45, 2.75) is 13.0 Å². The van der Waals surface area contributed by atoms with Gasteiger partial charge in [0.25, 0.3) is 0 Å². The summed E-state index contributed by atoms with van der Waals surface area (Å²) in [5.41, 5.74) is 0.998. The average molecular weight is 170 g/mol. The van der Waals surface area contributed by atoms with E-state index >= 15 is 0 Å². The fraction of sp³-hybridized carbons (Fsp3) is 0.250. The van der Waals surface area contributed by atoms with Crippen molar-refractivity contribution >= 4 is 12.9 Å². The number of phenols is 1. The van der Waals surface area contributed by atoms with E-state index in [1.54, 1.807) is 24.3 Å². The quantitative estimate of drug-likeness (QED) is 0.527. The van der Waals surface area contributed by atoms with Gasteiger partial charge in [0.1, 0.15) is 5.75 Å². The van der Waals surface area contributed by atoms with Crippen LogP contribution in [0.25, 0.3) is 0 Å². The normalized spacial score (nSPS) is 12.9. The minimum absolute atomic E-state index is 0.0427. The zero-order valence-corrected chi connectivity index (χ0v) is 7.08. The van der Waals surface area contributed by atoms with E-state index in [0.717, 1.165) is 5.56 Å². The van der Waals surface area contributed by atoms with Gasteiger partial charge in [-0.25, -0.2) is 0 Å². The second kappa shape index (κ2) is 3.64. The van der Waals surface area contributed by atoms with Crippen LogP contribution < -0.4 is 0 Å². The molecule has 0 fully saturated rings. The average Bonchev–Trinajstić information content (AvgIpc) is 2.05. The number of benzene rings is 1. The maximum Gasteiger partial charge on any atom is 0.115 e. The Labute approximate surface area is 71.4 Å². The number of thiol groups is 1. The van der Waals surface area contributed by atoms with E-state index in [0.29, 0.717) is 0 Å². The molecule has 1 aromatic rings. The van der Waals surface area contributed by atoms with Crippen LogP contribution in [0.4, 0.5) is 0 Å². The Balaban J connectivity index is 2.81. The highest BCUT2D eigenvalue weighted by molar-refractivity contribution is 7.75. The van der Waals surface area contributed by atoms with Crippen LogP contribution in [-0.2, 0) is 4.18 Å². The molecule has 11 heavy (non-hydrogen) atoms. The number of hydrogen-bond donors (Lipinski definition) is 2. The Bertz CT molecular complexity index is 220. The lowest BCUT2D eigenvalue weighted by Crippen LogP contribution is -1.90. The summed E-state index contributed by atoms with van der Waals surface area (Å²) in [6, 6.07) is 6.85. The van der Waals surface area contributed by atoms with E-state index in [9.17, 15) is 0 Å². The number of hydrogen-bond acceptors (Lipinski definition) is 3. The first-order valence-electron chi connectivity index (χ1n) is 3.33. The van der Waals surface area contributed by atoms with Crippen molar-refractivity contribution < 1.29 is 9.29 Å². The van der Waals surface area contributed by atoms with E-state index in [1.807, 2.05) is 6.92 Å². The first-order chi connectivity index (χ1) is 5.24. The van der Waals surface area contributed by atoms with Gasteiger partial charge in [0.05, 0.1) is 6.10 Å². The van der Waals surface area contributed by atoms with Gasteiger partial charge in [0.2, 0.25) is 0 Å². The predicted molar refractivity (Wildman–Crippen MR) is 46.6 cm³/mol. The van der Waals surface area contributed by atoms with Crippen molar-refractivity contribution in [3.05, 3.63) is 29.8 Å². The Morgan fingerprint density at radius 3 is 2.36 bits per heavy atom. The molecule has 0 bridgehead atoms. The molecule has 0 radical (unpaired) electrons. The third kappa shape index (κ3) is 2.13. The van der Waals surface area contributed by atoms with Crippen LogP contribution >= 0.6 is 12.9 Å². The summed E-state index contributed by atoms with van der Waals surface area (Å²) in [7, 11) is 0. The van der Waals surface area contributed by atoms with Crippen LogP contribution in [0.5, 0.6) is 5.75 Å². The summed E-state index contributed by atoms with van der Waals surface area (Å²) < 4.78 is 4.79. The molecule has 60 valence electrons. The van der Waals surface area contributed by atoms with Crippen molar-refractivity contribution in [1.82, 2.24) is 0 Å². The van der Waals surface area contributed by atoms with Gasteiger partial charge < -0.3 is 9.29 Å². The zero-order valence-electron chi connectivity index (χ0n) is 6.19. The molecule has 0 heterocycles. The van der Waals surface area contributed by atoms with Crippen molar-refractivity contribution in [3.63, 3.8) is 0 Å². The lowest BCUT2D eigenvalue weighted by molar-refractivity contribution is 0.279. The molecule has 0 spiro atoms. The fourth-order valence-corrected chi connectivity index (χ4v) is 0.928. The Hall–Kier alpha value is -0.670. The summed E-state index contributed by atoms with van der Waals surface area (Å²) in [5, 5.41) is 8.95. The summed E-state index contributed by atoms with van der Waals surface area (Å²) in [4.78, 5) is 0. The van der Waals surface area contributed by atoms with Crippen molar-refractivity contribution in [1.29, 1.82) is 0 Å².